The van der Waals surface area contributed by atoms with Gasteiger partial charge in [-0.25, -0.2) is 0 Å². The number of ether oxygens (including phenoxy) is 1. The van der Waals surface area contributed by atoms with Crippen LogP contribution in [-0.4, -0.2) is 36.5 Å². The van der Waals surface area contributed by atoms with Crippen LogP contribution in [0.2, 0.25) is 0 Å². The van der Waals surface area contributed by atoms with Gasteiger partial charge in [-0.2, -0.15) is 0 Å². The van der Waals surface area contributed by atoms with Crippen molar-refractivity contribution in [3.63, 3.8) is 0 Å². The zero-order valence-corrected chi connectivity index (χ0v) is 8.84. The van der Waals surface area contributed by atoms with Crippen LogP contribution in [0.4, 0.5) is 0 Å². The number of likely N-dealkylation sites (N-methyl/N-ethyl adjacent to an activating group) is 1. The first kappa shape index (κ1) is 11.0. The Morgan fingerprint density at radius 1 is 1.54 bits per heavy atom. The Balaban J connectivity index is 2.30. The smallest absolute Gasteiger partial charge is 0.0768 e. The Labute approximate surface area is 80.5 Å². The molecule has 0 saturated carbocycles. The molecule has 1 fully saturated rings. The van der Waals surface area contributed by atoms with Crippen LogP contribution in [0, 0.1) is 0 Å². The van der Waals surface area contributed by atoms with Crippen molar-refractivity contribution >= 4 is 0 Å². The van der Waals surface area contributed by atoms with Crippen molar-refractivity contribution in [2.24, 2.45) is 0 Å². The van der Waals surface area contributed by atoms with Crippen LogP contribution in [0.3, 0.4) is 0 Å². The second-order valence-electron chi connectivity index (χ2n) is 4.38. The summed E-state index contributed by atoms with van der Waals surface area (Å²) in [7, 11) is 1.85. The zero-order chi connectivity index (χ0) is 9.90. The van der Waals surface area contributed by atoms with E-state index in [4.69, 9.17) is 4.74 Å². The van der Waals surface area contributed by atoms with Gasteiger partial charge in [0.1, 0.15) is 0 Å². The van der Waals surface area contributed by atoms with Gasteiger partial charge < -0.3 is 15.2 Å². The van der Waals surface area contributed by atoms with Crippen molar-refractivity contribution in [3.8, 4) is 0 Å². The van der Waals surface area contributed by atoms with Crippen LogP contribution < -0.4 is 5.32 Å². The molecular formula is C10H21NO2. The molecule has 2 N–H and O–H groups in total. The molecule has 0 aromatic heterocycles. The summed E-state index contributed by atoms with van der Waals surface area (Å²) in [6.07, 6.45) is 3.56. The van der Waals surface area contributed by atoms with Gasteiger partial charge >= 0.3 is 0 Å². The lowest BCUT2D eigenvalue weighted by Gasteiger charge is -2.26. The van der Waals surface area contributed by atoms with Crippen LogP contribution in [-0.2, 0) is 4.74 Å². The molecule has 0 bridgehead atoms. The highest BCUT2D eigenvalue weighted by Gasteiger charge is 2.29. The van der Waals surface area contributed by atoms with E-state index in [-0.39, 0.29) is 6.10 Å². The van der Waals surface area contributed by atoms with Gasteiger partial charge in [-0.15, -0.1) is 0 Å². The van der Waals surface area contributed by atoms with Gasteiger partial charge in [0.15, 0.2) is 0 Å². The molecule has 1 aliphatic heterocycles. The lowest BCUT2D eigenvalue weighted by atomic mass is 9.97. The largest absolute Gasteiger partial charge is 0.389 e. The molecule has 13 heavy (non-hydrogen) atoms. The van der Waals surface area contributed by atoms with Crippen molar-refractivity contribution in [1.82, 2.24) is 5.32 Å². The fourth-order valence-electron chi connectivity index (χ4n) is 1.98. The number of hydrogen-bond acceptors (Lipinski definition) is 3. The van der Waals surface area contributed by atoms with Crippen LogP contribution >= 0.6 is 0 Å². The highest BCUT2D eigenvalue weighted by Crippen LogP contribution is 2.25. The molecule has 0 aromatic carbocycles. The Hall–Kier alpha value is -0.120. The van der Waals surface area contributed by atoms with E-state index in [0.29, 0.717) is 12.6 Å². The van der Waals surface area contributed by atoms with Gasteiger partial charge in [0.05, 0.1) is 17.8 Å². The first-order chi connectivity index (χ1) is 6.03. The fourth-order valence-corrected chi connectivity index (χ4v) is 1.98. The first-order valence-electron chi connectivity index (χ1n) is 5.06. The van der Waals surface area contributed by atoms with Crippen molar-refractivity contribution in [1.29, 1.82) is 0 Å². The quantitative estimate of drug-likeness (QED) is 0.687. The molecule has 3 atom stereocenters. The summed E-state index contributed by atoms with van der Waals surface area (Å²) in [4.78, 5) is 0. The summed E-state index contributed by atoms with van der Waals surface area (Å²) in [5, 5.41) is 12.9. The van der Waals surface area contributed by atoms with E-state index in [0.717, 1.165) is 19.3 Å². The molecule has 0 aromatic rings. The Morgan fingerprint density at radius 2 is 2.23 bits per heavy atom. The minimum atomic E-state index is -0.635. The van der Waals surface area contributed by atoms with Gasteiger partial charge in [-0.05, 0) is 33.7 Å². The maximum Gasteiger partial charge on any atom is 0.0768 e. The molecule has 0 spiro atoms. The lowest BCUT2D eigenvalue weighted by Crippen LogP contribution is -2.39. The normalized spacial score (nSPS) is 33.2. The van der Waals surface area contributed by atoms with Crippen molar-refractivity contribution in [3.05, 3.63) is 0 Å². The average molecular weight is 187 g/mol. The minimum absolute atomic E-state index is 0.248. The SMILES string of the molecule is CNCC(C)(O)CC1CCC(C)O1. The molecule has 1 saturated heterocycles. The molecule has 0 amide bonds. The molecule has 3 unspecified atom stereocenters. The molecule has 78 valence electrons. The summed E-state index contributed by atoms with van der Waals surface area (Å²) in [6.45, 7) is 4.57. The number of hydrogen-bond donors (Lipinski definition) is 2. The Bertz CT molecular complexity index is 159. The van der Waals surface area contributed by atoms with Crippen LogP contribution in [0.5, 0.6) is 0 Å². The second-order valence-corrected chi connectivity index (χ2v) is 4.38. The Morgan fingerprint density at radius 3 is 2.69 bits per heavy atom. The first-order valence-corrected chi connectivity index (χ1v) is 5.06. The third-order valence-electron chi connectivity index (χ3n) is 2.54. The highest BCUT2D eigenvalue weighted by atomic mass is 16.5. The maximum atomic E-state index is 9.92. The molecule has 1 aliphatic rings. The lowest BCUT2D eigenvalue weighted by molar-refractivity contribution is -0.0220. The summed E-state index contributed by atoms with van der Waals surface area (Å²) in [5.41, 5.74) is -0.635. The summed E-state index contributed by atoms with van der Waals surface area (Å²) < 4.78 is 5.66. The highest BCUT2D eigenvalue weighted by molar-refractivity contribution is 4.82. The zero-order valence-electron chi connectivity index (χ0n) is 8.84. The van der Waals surface area contributed by atoms with Crippen LogP contribution in [0.1, 0.15) is 33.1 Å². The van der Waals surface area contributed by atoms with Crippen LogP contribution in [0.15, 0.2) is 0 Å². The third-order valence-corrected chi connectivity index (χ3v) is 2.54. The van der Waals surface area contributed by atoms with Crippen LogP contribution in [0.25, 0.3) is 0 Å². The molecule has 0 aliphatic carbocycles. The van der Waals surface area contributed by atoms with Crippen molar-refractivity contribution in [2.75, 3.05) is 13.6 Å². The third kappa shape index (κ3) is 3.63. The van der Waals surface area contributed by atoms with E-state index >= 15 is 0 Å². The van der Waals surface area contributed by atoms with Gasteiger partial charge in [0.25, 0.3) is 0 Å². The standard InChI is InChI=1S/C10H21NO2/c1-8-4-5-9(13-8)6-10(2,12)7-11-3/h8-9,11-12H,4-7H2,1-3H3. The molecule has 3 nitrogen and oxygen atoms in total. The predicted octanol–water partition coefficient (Wildman–Crippen LogP) is 0.914. The monoisotopic (exact) mass is 187 g/mol. The number of nitrogens with one attached hydrogen (secondary N) is 1. The predicted molar refractivity (Wildman–Crippen MR) is 52.7 cm³/mol. The molecule has 1 rings (SSSR count). The molecule has 1 heterocycles. The minimum Gasteiger partial charge on any atom is -0.389 e. The van der Waals surface area contributed by atoms with E-state index in [1.165, 1.54) is 0 Å². The summed E-state index contributed by atoms with van der Waals surface area (Å²) >= 11 is 0. The second kappa shape index (κ2) is 4.40. The van der Waals surface area contributed by atoms with E-state index in [2.05, 4.69) is 12.2 Å². The summed E-state index contributed by atoms with van der Waals surface area (Å²) in [6, 6.07) is 0. The van der Waals surface area contributed by atoms with E-state index in [1.807, 2.05) is 14.0 Å². The molecule has 3 heteroatoms. The van der Waals surface area contributed by atoms with E-state index < -0.39 is 5.60 Å². The van der Waals surface area contributed by atoms with Crippen molar-refractivity contribution in [2.45, 2.75) is 50.9 Å². The number of aliphatic hydroxyl groups is 1. The molecular weight excluding hydrogens is 166 g/mol. The van der Waals surface area contributed by atoms with Crippen molar-refractivity contribution < 1.29 is 9.84 Å². The summed E-state index contributed by atoms with van der Waals surface area (Å²) in [5.74, 6) is 0. The van der Waals surface area contributed by atoms with Gasteiger partial charge in [-0.1, -0.05) is 0 Å². The van der Waals surface area contributed by atoms with Gasteiger partial charge in [0.2, 0.25) is 0 Å². The number of rotatable bonds is 4. The molecule has 0 radical (unpaired) electrons. The fraction of sp³-hybridized carbons (Fsp3) is 1.00. The van der Waals surface area contributed by atoms with E-state index in [1.54, 1.807) is 0 Å². The maximum absolute atomic E-state index is 9.92. The Kier molecular flexibility index (Phi) is 3.71. The average Bonchev–Trinajstić information content (AvgIpc) is 2.34. The topological polar surface area (TPSA) is 41.5 Å². The van der Waals surface area contributed by atoms with Gasteiger partial charge in [-0.3, -0.25) is 0 Å². The van der Waals surface area contributed by atoms with Gasteiger partial charge in [0, 0.05) is 13.0 Å². The van der Waals surface area contributed by atoms with E-state index in [9.17, 15) is 5.11 Å².